The fourth-order valence-electron chi connectivity index (χ4n) is 2.04. The summed E-state index contributed by atoms with van der Waals surface area (Å²) in [5.74, 6) is -1.18. The van der Waals surface area contributed by atoms with E-state index in [0.717, 1.165) is 5.56 Å². The molecule has 120 valence electrons. The molecule has 0 fully saturated rings. The van der Waals surface area contributed by atoms with Crippen molar-refractivity contribution >= 4 is 11.9 Å². The Kier molecular flexibility index (Phi) is 5.86. The van der Waals surface area contributed by atoms with E-state index in [0.29, 0.717) is 0 Å². The SMILES string of the molecule is COC(=O)c1cccc([C@@H](F)CC(=O)OCc2ccccc2)c1. The van der Waals surface area contributed by atoms with Crippen molar-refractivity contribution in [1.82, 2.24) is 0 Å². The Morgan fingerprint density at radius 2 is 1.83 bits per heavy atom. The van der Waals surface area contributed by atoms with Crippen LogP contribution in [0, 0.1) is 0 Å². The predicted octanol–water partition coefficient (Wildman–Crippen LogP) is 3.62. The first-order chi connectivity index (χ1) is 11.1. The van der Waals surface area contributed by atoms with Crippen molar-refractivity contribution in [2.24, 2.45) is 0 Å². The van der Waals surface area contributed by atoms with Crippen molar-refractivity contribution in [3.8, 4) is 0 Å². The van der Waals surface area contributed by atoms with Crippen LogP contribution in [0.1, 0.15) is 34.1 Å². The molecule has 0 aliphatic rings. The van der Waals surface area contributed by atoms with Gasteiger partial charge in [-0.15, -0.1) is 0 Å². The lowest BCUT2D eigenvalue weighted by molar-refractivity contribution is -0.146. The highest BCUT2D eigenvalue weighted by atomic mass is 19.1. The zero-order valence-corrected chi connectivity index (χ0v) is 12.7. The fourth-order valence-corrected chi connectivity index (χ4v) is 2.04. The van der Waals surface area contributed by atoms with Gasteiger partial charge in [-0.3, -0.25) is 4.79 Å². The molecule has 5 heteroatoms. The van der Waals surface area contributed by atoms with Gasteiger partial charge in [0.2, 0.25) is 0 Å². The molecule has 0 amide bonds. The van der Waals surface area contributed by atoms with Crippen molar-refractivity contribution in [3.63, 3.8) is 0 Å². The number of halogens is 1. The van der Waals surface area contributed by atoms with E-state index in [2.05, 4.69) is 4.74 Å². The third-order valence-electron chi connectivity index (χ3n) is 3.26. The maximum absolute atomic E-state index is 14.2. The van der Waals surface area contributed by atoms with E-state index in [1.165, 1.54) is 25.3 Å². The van der Waals surface area contributed by atoms with Gasteiger partial charge in [0.15, 0.2) is 0 Å². The molecular weight excluding hydrogens is 299 g/mol. The molecule has 2 aromatic carbocycles. The number of hydrogen-bond donors (Lipinski definition) is 0. The zero-order chi connectivity index (χ0) is 16.7. The monoisotopic (exact) mass is 316 g/mol. The van der Waals surface area contributed by atoms with Crippen molar-refractivity contribution in [2.45, 2.75) is 19.2 Å². The highest BCUT2D eigenvalue weighted by Crippen LogP contribution is 2.23. The van der Waals surface area contributed by atoms with Crippen LogP contribution in [-0.2, 0) is 20.9 Å². The van der Waals surface area contributed by atoms with Gasteiger partial charge in [0.05, 0.1) is 19.1 Å². The van der Waals surface area contributed by atoms with Gasteiger partial charge in [-0.2, -0.15) is 0 Å². The molecule has 2 rings (SSSR count). The maximum atomic E-state index is 14.2. The minimum atomic E-state index is -1.54. The lowest BCUT2D eigenvalue weighted by Gasteiger charge is -2.10. The average molecular weight is 316 g/mol. The molecule has 0 aliphatic carbocycles. The predicted molar refractivity (Wildman–Crippen MR) is 82.5 cm³/mol. The molecule has 0 saturated heterocycles. The van der Waals surface area contributed by atoms with Crippen LogP contribution in [0.3, 0.4) is 0 Å². The van der Waals surface area contributed by atoms with Crippen molar-refractivity contribution < 1.29 is 23.5 Å². The lowest BCUT2D eigenvalue weighted by atomic mass is 10.0. The van der Waals surface area contributed by atoms with E-state index < -0.39 is 24.5 Å². The first-order valence-electron chi connectivity index (χ1n) is 7.12. The molecule has 0 aromatic heterocycles. The molecule has 0 unspecified atom stereocenters. The summed E-state index contributed by atoms with van der Waals surface area (Å²) < 4.78 is 23.8. The molecule has 0 spiro atoms. The molecule has 0 aliphatic heterocycles. The topological polar surface area (TPSA) is 52.6 Å². The Hall–Kier alpha value is -2.69. The summed E-state index contributed by atoms with van der Waals surface area (Å²) >= 11 is 0. The van der Waals surface area contributed by atoms with Gasteiger partial charge >= 0.3 is 11.9 Å². The van der Waals surface area contributed by atoms with Gasteiger partial charge in [-0.05, 0) is 23.3 Å². The molecule has 0 radical (unpaired) electrons. The summed E-state index contributed by atoms with van der Waals surface area (Å²) in [7, 11) is 1.25. The van der Waals surface area contributed by atoms with Crippen molar-refractivity contribution in [2.75, 3.05) is 7.11 Å². The molecule has 0 saturated carbocycles. The van der Waals surface area contributed by atoms with Crippen LogP contribution in [-0.4, -0.2) is 19.0 Å². The van der Waals surface area contributed by atoms with Crippen molar-refractivity contribution in [1.29, 1.82) is 0 Å². The molecule has 0 N–H and O–H groups in total. The lowest BCUT2D eigenvalue weighted by Crippen LogP contribution is -2.09. The molecule has 23 heavy (non-hydrogen) atoms. The zero-order valence-electron chi connectivity index (χ0n) is 12.7. The van der Waals surface area contributed by atoms with E-state index in [4.69, 9.17) is 4.74 Å². The molecule has 1 atom stereocenters. The van der Waals surface area contributed by atoms with E-state index in [-0.39, 0.29) is 17.7 Å². The first-order valence-corrected chi connectivity index (χ1v) is 7.12. The fraction of sp³-hybridized carbons (Fsp3) is 0.222. The van der Waals surface area contributed by atoms with Gasteiger partial charge in [0, 0.05) is 0 Å². The summed E-state index contributed by atoms with van der Waals surface area (Å²) in [6.07, 6.45) is -1.94. The quantitative estimate of drug-likeness (QED) is 0.764. The van der Waals surface area contributed by atoms with E-state index in [1.807, 2.05) is 30.3 Å². The van der Waals surface area contributed by atoms with Gasteiger partial charge in [-0.1, -0.05) is 42.5 Å². The summed E-state index contributed by atoms with van der Waals surface area (Å²) in [5.41, 5.74) is 1.32. The Morgan fingerprint density at radius 1 is 1.09 bits per heavy atom. The van der Waals surface area contributed by atoms with Gasteiger partial charge < -0.3 is 9.47 Å². The summed E-state index contributed by atoms with van der Waals surface area (Å²) in [6, 6.07) is 15.1. The number of carbonyl (C=O) groups is 2. The smallest absolute Gasteiger partial charge is 0.337 e. The Labute approximate surface area is 133 Å². The Morgan fingerprint density at radius 3 is 2.52 bits per heavy atom. The van der Waals surface area contributed by atoms with Crippen molar-refractivity contribution in [3.05, 3.63) is 71.3 Å². The van der Waals surface area contributed by atoms with Crippen LogP contribution in [0.5, 0.6) is 0 Å². The minimum absolute atomic E-state index is 0.106. The van der Waals surface area contributed by atoms with Crippen LogP contribution >= 0.6 is 0 Å². The van der Waals surface area contributed by atoms with Crippen LogP contribution in [0.2, 0.25) is 0 Å². The van der Waals surface area contributed by atoms with E-state index in [1.54, 1.807) is 6.07 Å². The highest BCUT2D eigenvalue weighted by Gasteiger charge is 2.18. The maximum Gasteiger partial charge on any atom is 0.337 e. The minimum Gasteiger partial charge on any atom is -0.465 e. The normalized spacial score (nSPS) is 11.6. The van der Waals surface area contributed by atoms with Gasteiger partial charge in [-0.25, -0.2) is 9.18 Å². The number of carbonyl (C=O) groups excluding carboxylic acids is 2. The third-order valence-corrected chi connectivity index (χ3v) is 3.26. The second-order valence-corrected chi connectivity index (χ2v) is 4.93. The van der Waals surface area contributed by atoms with Gasteiger partial charge in [0.1, 0.15) is 12.8 Å². The second-order valence-electron chi connectivity index (χ2n) is 4.93. The number of methoxy groups -OCH3 is 1. The third kappa shape index (κ3) is 4.92. The Balaban J connectivity index is 1.92. The highest BCUT2D eigenvalue weighted by molar-refractivity contribution is 5.89. The largest absolute Gasteiger partial charge is 0.465 e. The number of hydrogen-bond acceptors (Lipinski definition) is 4. The molecular formula is C18H17FO4. The second kappa shape index (κ2) is 8.08. The van der Waals surface area contributed by atoms with Crippen LogP contribution in [0.15, 0.2) is 54.6 Å². The molecule has 2 aromatic rings. The standard InChI is InChI=1S/C18H17FO4/c1-22-18(21)15-9-5-8-14(10-15)16(19)11-17(20)23-12-13-6-3-2-4-7-13/h2-10,16H,11-12H2,1H3/t16-/m0/s1. The number of benzene rings is 2. The first kappa shape index (κ1) is 16.7. The van der Waals surface area contributed by atoms with Crippen LogP contribution in [0.4, 0.5) is 4.39 Å². The molecule has 0 heterocycles. The number of ether oxygens (including phenoxy) is 2. The number of esters is 2. The summed E-state index contributed by atoms with van der Waals surface area (Å²) in [5, 5.41) is 0. The Bertz CT molecular complexity index is 670. The van der Waals surface area contributed by atoms with E-state index in [9.17, 15) is 14.0 Å². The van der Waals surface area contributed by atoms with Crippen LogP contribution < -0.4 is 0 Å². The summed E-state index contributed by atoms with van der Waals surface area (Å²) in [4.78, 5) is 23.2. The van der Waals surface area contributed by atoms with Gasteiger partial charge in [0.25, 0.3) is 0 Å². The number of alkyl halides is 1. The van der Waals surface area contributed by atoms with Crippen LogP contribution in [0.25, 0.3) is 0 Å². The molecule has 4 nitrogen and oxygen atoms in total. The average Bonchev–Trinajstić information content (AvgIpc) is 2.60. The molecule has 0 bridgehead atoms. The van der Waals surface area contributed by atoms with E-state index >= 15 is 0 Å². The number of rotatable bonds is 6. The summed E-state index contributed by atoms with van der Waals surface area (Å²) in [6.45, 7) is 0.106.